The summed E-state index contributed by atoms with van der Waals surface area (Å²) in [5.74, 6) is -3.24. The zero-order valence-electron chi connectivity index (χ0n) is 34.6. The number of carbonyl (C=O) groups excluding carboxylic acids is 4. The van der Waals surface area contributed by atoms with Gasteiger partial charge in [-0.25, -0.2) is 9.78 Å². The van der Waals surface area contributed by atoms with Crippen LogP contribution in [0.3, 0.4) is 0 Å². The van der Waals surface area contributed by atoms with Gasteiger partial charge >= 0.3 is 17.9 Å². The minimum atomic E-state index is -1.28. The number of hydrogen-bond donors (Lipinski definition) is 3. The number of rotatable bonds is 16. The van der Waals surface area contributed by atoms with Gasteiger partial charge < -0.3 is 30.1 Å². The van der Waals surface area contributed by atoms with E-state index in [1.54, 1.807) is 11.4 Å². The van der Waals surface area contributed by atoms with Crippen molar-refractivity contribution in [1.29, 1.82) is 0 Å². The highest BCUT2D eigenvalue weighted by Crippen LogP contribution is 2.44. The Hall–Kier alpha value is -6.87. The summed E-state index contributed by atoms with van der Waals surface area (Å²) >= 11 is 5.06. The monoisotopic (exact) mass is 947 g/mol. The van der Waals surface area contributed by atoms with Gasteiger partial charge in [-0.05, 0) is 40.5 Å². The Labute approximate surface area is 388 Å². The third-order valence-electron chi connectivity index (χ3n) is 10.1. The van der Waals surface area contributed by atoms with E-state index in [0.29, 0.717) is 25.6 Å². The molecule has 2 amide bonds. The number of β-lactam (4-membered cyclic amide) rings is 1. The van der Waals surface area contributed by atoms with E-state index < -0.39 is 46.7 Å². The summed E-state index contributed by atoms with van der Waals surface area (Å²) in [5.41, 5.74) is 2.90. The van der Waals surface area contributed by atoms with E-state index in [-0.39, 0.29) is 40.1 Å². The normalized spacial score (nSPS) is 16.0. The van der Waals surface area contributed by atoms with Gasteiger partial charge in [0.15, 0.2) is 26.7 Å². The summed E-state index contributed by atoms with van der Waals surface area (Å²) in [7, 11) is 1.30. The zero-order valence-corrected chi connectivity index (χ0v) is 37.9. The van der Waals surface area contributed by atoms with Crippen molar-refractivity contribution in [3.05, 3.63) is 148 Å². The van der Waals surface area contributed by atoms with Crippen molar-refractivity contribution >= 4 is 86.8 Å². The van der Waals surface area contributed by atoms with E-state index >= 15 is 0 Å². The molecule has 4 aromatic carbocycles. The number of fused-ring (bicyclic) bond motifs is 1. The number of oxime groups is 1. The molecule has 20 heteroatoms. The Bertz CT molecular complexity index is 2740. The third kappa shape index (κ3) is 9.37. The molecule has 16 nitrogen and oxygen atoms in total. The van der Waals surface area contributed by atoms with Gasteiger partial charge in [0.05, 0.1) is 0 Å². The molecule has 0 radical (unpaired) electrons. The van der Waals surface area contributed by atoms with Crippen molar-refractivity contribution < 1.29 is 43.4 Å². The molecule has 0 saturated carbocycles. The molecule has 330 valence electrons. The first-order valence-corrected chi connectivity index (χ1v) is 23.4. The van der Waals surface area contributed by atoms with Crippen molar-refractivity contribution in [1.82, 2.24) is 25.4 Å². The zero-order chi connectivity index (χ0) is 45.7. The number of thiazole rings is 1. The second-order valence-corrected chi connectivity index (χ2v) is 18.4. The molecule has 0 aliphatic carbocycles. The highest BCUT2D eigenvalue weighted by Gasteiger charge is 2.54. The number of aromatic nitrogens is 3. The molecule has 65 heavy (non-hydrogen) atoms. The summed E-state index contributed by atoms with van der Waals surface area (Å²) in [6.07, 6.45) is 0. The summed E-state index contributed by atoms with van der Waals surface area (Å²) in [4.78, 5) is 74.7. The number of amides is 2. The molecule has 2 aliphatic rings. The number of carbonyl (C=O) groups is 5. The van der Waals surface area contributed by atoms with Crippen LogP contribution in [0.15, 0.2) is 135 Å². The Morgan fingerprint density at radius 1 is 0.877 bits per heavy atom. The Morgan fingerprint density at radius 2 is 1.49 bits per heavy atom. The van der Waals surface area contributed by atoms with Crippen LogP contribution in [0.25, 0.3) is 10.6 Å². The number of hydrogen-bond acceptors (Lipinski definition) is 17. The lowest BCUT2D eigenvalue weighted by molar-refractivity contribution is -0.150. The quantitative estimate of drug-likeness (QED) is 0.0173. The van der Waals surface area contributed by atoms with E-state index in [4.69, 9.17) is 19.3 Å². The summed E-state index contributed by atoms with van der Waals surface area (Å²) in [5, 5.41) is 31.2. The molecule has 8 rings (SSSR count). The predicted molar refractivity (Wildman–Crippen MR) is 247 cm³/mol. The average molecular weight is 948 g/mol. The van der Waals surface area contributed by atoms with Crippen molar-refractivity contribution in [3.8, 4) is 22.1 Å². The maximum atomic E-state index is 13.9. The topological polar surface area (TPSA) is 212 Å². The van der Waals surface area contributed by atoms with Crippen LogP contribution in [0.1, 0.15) is 36.2 Å². The molecule has 0 unspecified atom stereocenters. The van der Waals surface area contributed by atoms with Crippen molar-refractivity contribution in [2.75, 3.05) is 23.9 Å². The number of carboxylic acid groups (broad SMARTS) is 1. The van der Waals surface area contributed by atoms with Crippen molar-refractivity contribution in [2.24, 2.45) is 5.16 Å². The summed E-state index contributed by atoms with van der Waals surface area (Å²) in [6, 6.07) is 33.5. The number of nitrogens with one attached hydrogen (secondary N) is 2. The van der Waals surface area contributed by atoms with Crippen LogP contribution in [0.2, 0.25) is 0 Å². The number of ether oxygens (including phenoxy) is 2. The minimum Gasteiger partial charge on any atom is -0.477 e. The first-order valence-electron chi connectivity index (χ1n) is 19.7. The molecule has 2 aliphatic heterocycles. The van der Waals surface area contributed by atoms with Crippen molar-refractivity contribution in [2.45, 2.75) is 35.1 Å². The van der Waals surface area contributed by atoms with Crippen LogP contribution in [-0.2, 0) is 34.3 Å². The minimum absolute atomic E-state index is 0.0360. The van der Waals surface area contributed by atoms with Crippen LogP contribution >= 0.6 is 46.2 Å². The second kappa shape index (κ2) is 19.5. The standard InChI is InChI=1S/C45H37N7O9S4/c1-25(53)60-33-20-19-27(21-34(33)61-26(2)54)39-49-50-44(65-39)64-23-28-22-62-41-36(40(56)52(41)37(28)42(57)58)47-38(55)35(51-59-3)32-24-63-43(46-32)48-45(29-13-7-4-8-14-29,30-15-9-5-10-16-30)31-17-11-6-12-18-31/h4-21,24,36,41H,22-23H2,1-3H3,(H,46,48)(H,47,55)(H,57,58)/t36-,41+/m1/s1. The molecule has 1 fully saturated rings. The molecule has 2 atom stereocenters. The highest BCUT2D eigenvalue weighted by atomic mass is 32.2. The van der Waals surface area contributed by atoms with Crippen LogP contribution < -0.4 is 20.1 Å². The molecular weight excluding hydrogens is 911 g/mol. The smallest absolute Gasteiger partial charge is 0.352 e. The molecule has 4 heterocycles. The van der Waals surface area contributed by atoms with Gasteiger partial charge in [-0.2, -0.15) is 0 Å². The first-order chi connectivity index (χ1) is 31.5. The second-order valence-electron chi connectivity index (χ2n) is 14.3. The van der Waals surface area contributed by atoms with Crippen molar-refractivity contribution in [3.63, 3.8) is 0 Å². The molecule has 3 N–H and O–H groups in total. The van der Waals surface area contributed by atoms with Gasteiger partial charge in [0.25, 0.3) is 11.8 Å². The van der Waals surface area contributed by atoms with Gasteiger partial charge in [-0.15, -0.1) is 33.3 Å². The number of thioether (sulfide) groups is 2. The maximum Gasteiger partial charge on any atom is 0.352 e. The number of aliphatic carboxylic acids is 1. The van der Waals surface area contributed by atoms with Gasteiger partial charge in [0.2, 0.25) is 0 Å². The largest absolute Gasteiger partial charge is 0.477 e. The van der Waals surface area contributed by atoms with E-state index in [2.05, 4.69) is 26.0 Å². The average Bonchev–Trinajstić information content (AvgIpc) is 3.99. The van der Waals surface area contributed by atoms with Crippen LogP contribution in [0.4, 0.5) is 5.13 Å². The van der Waals surface area contributed by atoms with Gasteiger partial charge in [-0.1, -0.05) is 119 Å². The first kappa shape index (κ1) is 44.7. The van der Waals surface area contributed by atoms with Gasteiger partial charge in [0, 0.05) is 36.3 Å². The third-order valence-corrected chi connectivity index (χ3v) is 14.4. The summed E-state index contributed by atoms with van der Waals surface area (Å²) in [6.45, 7) is 2.45. The number of anilines is 1. The molecular formula is C45H37N7O9S4. The lowest BCUT2D eigenvalue weighted by Crippen LogP contribution is -2.71. The van der Waals surface area contributed by atoms with Gasteiger partial charge in [0.1, 0.15) is 40.5 Å². The molecule has 0 bridgehead atoms. The number of benzene rings is 4. The lowest BCUT2D eigenvalue weighted by atomic mass is 9.77. The van der Waals surface area contributed by atoms with Gasteiger partial charge in [-0.3, -0.25) is 24.1 Å². The number of nitrogens with zero attached hydrogens (tertiary/aromatic N) is 5. The lowest BCUT2D eigenvalue weighted by Gasteiger charge is -2.49. The predicted octanol–water partition coefficient (Wildman–Crippen LogP) is 6.80. The number of esters is 2. The maximum absolute atomic E-state index is 13.9. The van der Waals surface area contributed by atoms with Crippen LogP contribution in [0.5, 0.6) is 11.5 Å². The SMILES string of the molecule is CON=C(C(=O)N[C@@H]1C(=O)N2C(C(=O)O)=C(CSc3nnc(-c4ccc(OC(C)=O)c(OC(C)=O)c4)s3)CS[C@@H]12)c1csc(NC(c2ccccc2)(c2ccccc2)c2ccccc2)n1. The Morgan fingerprint density at radius 3 is 2.08 bits per heavy atom. The van der Waals surface area contributed by atoms with Crippen LogP contribution in [0, 0.1) is 0 Å². The highest BCUT2D eigenvalue weighted by molar-refractivity contribution is 8.01. The number of carboxylic acids is 1. The Kier molecular flexibility index (Phi) is 13.4. The fraction of sp³-hybridized carbons (Fsp3) is 0.178. The van der Waals surface area contributed by atoms with E-state index in [0.717, 1.165) is 16.7 Å². The van der Waals surface area contributed by atoms with E-state index in [1.165, 1.54) is 84.2 Å². The molecule has 0 spiro atoms. The molecule has 2 aromatic heterocycles. The fourth-order valence-electron chi connectivity index (χ4n) is 7.33. The summed E-state index contributed by atoms with van der Waals surface area (Å²) < 4.78 is 10.9. The molecule has 6 aromatic rings. The Balaban J connectivity index is 0.970. The van der Waals surface area contributed by atoms with E-state index in [9.17, 15) is 29.1 Å². The molecule has 1 saturated heterocycles. The van der Waals surface area contributed by atoms with Crippen LogP contribution in [-0.4, -0.2) is 90.7 Å². The van der Waals surface area contributed by atoms with E-state index in [1.807, 2.05) is 91.0 Å². The fourth-order valence-corrected chi connectivity index (χ4v) is 11.4.